The van der Waals surface area contributed by atoms with Crippen molar-refractivity contribution in [3.8, 4) is 22.8 Å². The van der Waals surface area contributed by atoms with Crippen molar-refractivity contribution in [2.75, 3.05) is 26.9 Å². The SMILES string of the molecule is CCOC(=O)C1=C(C)N=c2s/c(=C/c3ccc(-c4ccc(C)cc4[N+](=O)[O-])o3)c(=O)n2[C@H]1c1ccc(OCC(=O)OC)c(OCC)c1. The van der Waals surface area contributed by atoms with Gasteiger partial charge in [0.05, 0.1) is 52.7 Å². The molecular formula is C33H31N3O10S. The van der Waals surface area contributed by atoms with Crippen molar-refractivity contribution < 1.29 is 37.9 Å². The molecule has 4 aromatic rings. The molecule has 0 amide bonds. The topological polar surface area (TPSA) is 162 Å². The third-order valence-corrected chi connectivity index (χ3v) is 8.17. The zero-order valence-corrected chi connectivity index (χ0v) is 27.0. The van der Waals surface area contributed by atoms with Crippen molar-refractivity contribution in [2.45, 2.75) is 33.7 Å². The van der Waals surface area contributed by atoms with Crippen LogP contribution in [0, 0.1) is 17.0 Å². The minimum atomic E-state index is -0.941. The molecule has 47 heavy (non-hydrogen) atoms. The first-order chi connectivity index (χ1) is 22.6. The Morgan fingerprint density at radius 1 is 1.06 bits per heavy atom. The number of hydrogen-bond acceptors (Lipinski definition) is 12. The molecule has 0 radical (unpaired) electrons. The fraction of sp³-hybridized carbons (Fsp3) is 0.273. The number of nitro benzene ring substituents is 1. The first-order valence-electron chi connectivity index (χ1n) is 14.6. The van der Waals surface area contributed by atoms with E-state index in [1.54, 1.807) is 70.2 Å². The van der Waals surface area contributed by atoms with Crippen molar-refractivity contribution in [3.05, 3.63) is 106 Å². The number of rotatable bonds is 11. The second kappa shape index (κ2) is 13.9. The molecule has 14 heteroatoms. The van der Waals surface area contributed by atoms with E-state index >= 15 is 0 Å². The molecule has 13 nitrogen and oxygen atoms in total. The Labute approximate surface area is 272 Å². The van der Waals surface area contributed by atoms with Crippen LogP contribution in [0.1, 0.15) is 43.7 Å². The van der Waals surface area contributed by atoms with Gasteiger partial charge in [-0.2, -0.15) is 0 Å². The monoisotopic (exact) mass is 661 g/mol. The number of furan rings is 1. The molecule has 0 fully saturated rings. The van der Waals surface area contributed by atoms with E-state index in [1.807, 2.05) is 0 Å². The number of nitrogens with zero attached hydrogens (tertiary/aromatic N) is 3. The van der Waals surface area contributed by atoms with Gasteiger partial charge >= 0.3 is 11.9 Å². The average molecular weight is 662 g/mol. The summed E-state index contributed by atoms with van der Waals surface area (Å²) in [5.74, 6) is -0.0767. The van der Waals surface area contributed by atoms with Crippen LogP contribution in [0.5, 0.6) is 11.5 Å². The number of carbonyl (C=O) groups excluding carboxylic acids is 2. The number of carbonyl (C=O) groups is 2. The van der Waals surface area contributed by atoms with Crippen LogP contribution in [0.25, 0.3) is 17.4 Å². The van der Waals surface area contributed by atoms with Crippen LogP contribution in [-0.2, 0) is 19.1 Å². The highest BCUT2D eigenvalue weighted by molar-refractivity contribution is 7.07. The summed E-state index contributed by atoms with van der Waals surface area (Å²) in [5.41, 5.74) is 1.55. The lowest BCUT2D eigenvalue weighted by Gasteiger charge is -2.25. The van der Waals surface area contributed by atoms with E-state index in [2.05, 4.69) is 9.73 Å². The molecule has 0 unspecified atom stereocenters. The van der Waals surface area contributed by atoms with Crippen molar-refractivity contribution in [2.24, 2.45) is 4.99 Å². The van der Waals surface area contributed by atoms with E-state index < -0.39 is 28.5 Å². The smallest absolute Gasteiger partial charge is 0.343 e. The number of nitro groups is 1. The first kappa shape index (κ1) is 32.9. The Morgan fingerprint density at radius 2 is 1.85 bits per heavy atom. The molecule has 3 heterocycles. The summed E-state index contributed by atoms with van der Waals surface area (Å²) in [5, 5.41) is 11.7. The molecule has 244 valence electrons. The summed E-state index contributed by atoms with van der Waals surface area (Å²) in [4.78, 5) is 55.2. The predicted molar refractivity (Wildman–Crippen MR) is 171 cm³/mol. The molecule has 2 aromatic heterocycles. The van der Waals surface area contributed by atoms with Crippen molar-refractivity contribution >= 4 is 35.0 Å². The second-order valence-corrected chi connectivity index (χ2v) is 11.3. The Hall–Kier alpha value is -5.50. The Kier molecular flexibility index (Phi) is 9.70. The van der Waals surface area contributed by atoms with E-state index in [-0.39, 0.29) is 47.1 Å². The van der Waals surface area contributed by atoms with E-state index in [0.717, 1.165) is 16.9 Å². The summed E-state index contributed by atoms with van der Waals surface area (Å²) in [6.45, 7) is 6.93. The van der Waals surface area contributed by atoms with E-state index in [1.165, 1.54) is 23.8 Å². The van der Waals surface area contributed by atoms with Crippen LogP contribution in [0.4, 0.5) is 5.69 Å². The van der Waals surface area contributed by atoms with Crippen LogP contribution in [0.3, 0.4) is 0 Å². The van der Waals surface area contributed by atoms with Crippen molar-refractivity contribution in [3.63, 3.8) is 0 Å². The number of aryl methyl sites for hydroxylation is 1. The Morgan fingerprint density at radius 3 is 2.55 bits per heavy atom. The molecular weight excluding hydrogens is 630 g/mol. The molecule has 0 saturated heterocycles. The van der Waals surface area contributed by atoms with Crippen molar-refractivity contribution in [1.82, 2.24) is 4.57 Å². The molecule has 1 aliphatic rings. The standard InChI is InChI=1S/C33H31N3O10S/c1-6-43-26-15-20(9-12-25(26)45-17-28(37)42-5)30-29(32(39)44-7-2)19(4)34-33-35(30)31(38)27(47-33)16-21-10-13-24(46-21)22-11-8-18(3)14-23(22)36(40)41/h8-16,30H,6-7,17H2,1-5H3/b27-16+/t30-/m0/s1. The Bertz CT molecular complexity index is 2090. The quantitative estimate of drug-likeness (QED) is 0.129. The molecule has 0 bridgehead atoms. The van der Waals surface area contributed by atoms with Crippen LogP contribution >= 0.6 is 11.3 Å². The molecule has 1 atom stereocenters. The highest BCUT2D eigenvalue weighted by atomic mass is 32.1. The van der Waals surface area contributed by atoms with Crippen LogP contribution in [-0.4, -0.2) is 48.4 Å². The Balaban J connectivity index is 1.62. The fourth-order valence-corrected chi connectivity index (χ4v) is 6.12. The number of fused-ring (bicyclic) bond motifs is 1. The molecule has 0 N–H and O–H groups in total. The third-order valence-electron chi connectivity index (χ3n) is 7.19. The van der Waals surface area contributed by atoms with Crippen molar-refractivity contribution in [1.29, 1.82) is 0 Å². The molecule has 1 aliphatic heterocycles. The normalized spacial score (nSPS) is 14.3. The second-order valence-electron chi connectivity index (χ2n) is 10.3. The van der Waals surface area contributed by atoms with Gasteiger partial charge < -0.3 is 23.4 Å². The van der Waals surface area contributed by atoms with E-state index in [4.69, 9.17) is 18.6 Å². The zero-order chi connectivity index (χ0) is 33.8. The lowest BCUT2D eigenvalue weighted by Crippen LogP contribution is -2.40. The number of benzene rings is 2. The van der Waals surface area contributed by atoms with Gasteiger partial charge in [0.2, 0.25) is 0 Å². The summed E-state index contributed by atoms with van der Waals surface area (Å²) in [6, 6.07) is 12.0. The summed E-state index contributed by atoms with van der Waals surface area (Å²) < 4.78 is 29.0. The van der Waals surface area contributed by atoms with Crippen LogP contribution in [0.15, 0.2) is 74.0 Å². The summed E-state index contributed by atoms with van der Waals surface area (Å²) in [6.07, 6.45) is 1.53. The summed E-state index contributed by atoms with van der Waals surface area (Å²) >= 11 is 1.10. The average Bonchev–Trinajstić information content (AvgIpc) is 3.63. The van der Waals surface area contributed by atoms with Gasteiger partial charge in [-0.25, -0.2) is 14.6 Å². The van der Waals surface area contributed by atoms with Gasteiger partial charge in [0.1, 0.15) is 11.5 Å². The number of hydrogen-bond donors (Lipinski definition) is 0. The molecule has 0 saturated carbocycles. The van der Waals surface area contributed by atoms with Gasteiger partial charge in [0.25, 0.3) is 11.2 Å². The maximum absolute atomic E-state index is 14.0. The van der Waals surface area contributed by atoms with Crippen LogP contribution in [0.2, 0.25) is 0 Å². The van der Waals surface area contributed by atoms with Gasteiger partial charge in [-0.15, -0.1) is 0 Å². The van der Waals surface area contributed by atoms with E-state index in [0.29, 0.717) is 33.1 Å². The highest BCUT2D eigenvalue weighted by Gasteiger charge is 2.34. The van der Waals surface area contributed by atoms with E-state index in [9.17, 15) is 24.5 Å². The number of ether oxygens (including phenoxy) is 4. The highest BCUT2D eigenvalue weighted by Crippen LogP contribution is 2.37. The molecule has 0 spiro atoms. The summed E-state index contributed by atoms with van der Waals surface area (Å²) in [7, 11) is 1.25. The first-order valence-corrected chi connectivity index (χ1v) is 15.4. The molecule has 2 aromatic carbocycles. The van der Waals surface area contributed by atoms with Gasteiger partial charge in [-0.05, 0) is 69.2 Å². The van der Waals surface area contributed by atoms with Gasteiger partial charge in [-0.3, -0.25) is 19.5 Å². The van der Waals surface area contributed by atoms with Gasteiger partial charge in [0, 0.05) is 12.1 Å². The predicted octanol–water partition coefficient (Wildman–Crippen LogP) is 4.23. The maximum Gasteiger partial charge on any atom is 0.343 e. The van der Waals surface area contributed by atoms with Gasteiger partial charge in [0.15, 0.2) is 22.9 Å². The minimum absolute atomic E-state index is 0.0969. The number of methoxy groups -OCH3 is 1. The maximum atomic E-state index is 14.0. The minimum Gasteiger partial charge on any atom is -0.490 e. The molecule has 5 rings (SSSR count). The van der Waals surface area contributed by atoms with Gasteiger partial charge in [-0.1, -0.05) is 23.5 Å². The number of aromatic nitrogens is 1. The number of allylic oxidation sites excluding steroid dienone is 1. The van der Waals surface area contributed by atoms with Crippen LogP contribution < -0.4 is 24.4 Å². The molecule has 0 aliphatic carbocycles. The zero-order valence-electron chi connectivity index (χ0n) is 26.2. The lowest BCUT2D eigenvalue weighted by molar-refractivity contribution is -0.384. The fourth-order valence-electron chi connectivity index (χ4n) is 5.09. The number of thiazole rings is 1. The largest absolute Gasteiger partial charge is 0.490 e. The number of esters is 2. The lowest BCUT2D eigenvalue weighted by atomic mass is 9.95. The third kappa shape index (κ3) is 6.72.